The lowest BCUT2D eigenvalue weighted by molar-refractivity contribution is 0.0630. The van der Waals surface area contributed by atoms with E-state index in [1.54, 1.807) is 25.1 Å². The maximum Gasteiger partial charge on any atom is 0.292 e. The van der Waals surface area contributed by atoms with Gasteiger partial charge < -0.3 is 23.8 Å². The summed E-state index contributed by atoms with van der Waals surface area (Å²) in [6.07, 6.45) is 1.40. The molecule has 0 aliphatic carbocycles. The van der Waals surface area contributed by atoms with Crippen LogP contribution in [0.3, 0.4) is 0 Å². The fourth-order valence-electron chi connectivity index (χ4n) is 3.85. The minimum atomic E-state index is -0.888. The topological polar surface area (TPSA) is 108 Å². The molecule has 0 unspecified atom stereocenters. The molecule has 1 aliphatic rings. The second-order valence-corrected chi connectivity index (χ2v) is 7.25. The molecule has 0 fully saturated rings. The van der Waals surface area contributed by atoms with E-state index in [2.05, 4.69) is 15.0 Å². The van der Waals surface area contributed by atoms with Gasteiger partial charge in [-0.15, -0.1) is 0 Å². The molecule has 2 N–H and O–H groups in total. The first-order chi connectivity index (χ1) is 14.0. The maximum absolute atomic E-state index is 13.4. The van der Waals surface area contributed by atoms with Gasteiger partial charge in [0.25, 0.3) is 5.91 Å². The van der Waals surface area contributed by atoms with Gasteiger partial charge in [0.15, 0.2) is 0 Å². The van der Waals surface area contributed by atoms with E-state index in [1.165, 1.54) is 0 Å². The van der Waals surface area contributed by atoms with Crippen molar-refractivity contribution in [2.75, 3.05) is 6.54 Å². The molecule has 4 heterocycles. The normalized spacial score (nSPS) is 17.5. The molecule has 4 aromatic rings. The summed E-state index contributed by atoms with van der Waals surface area (Å²) in [5, 5.41) is 10.7. The summed E-state index contributed by atoms with van der Waals surface area (Å²) in [6, 6.07) is 9.19. The van der Waals surface area contributed by atoms with Crippen LogP contribution in [0.15, 0.2) is 45.5 Å². The van der Waals surface area contributed by atoms with Crippen molar-refractivity contribution in [1.29, 1.82) is 0 Å². The summed E-state index contributed by atoms with van der Waals surface area (Å²) < 4.78 is 11.7. The zero-order valence-corrected chi connectivity index (χ0v) is 16.0. The number of imidazole rings is 1. The summed E-state index contributed by atoms with van der Waals surface area (Å²) in [7, 11) is 0. The van der Waals surface area contributed by atoms with Crippen molar-refractivity contribution < 1.29 is 18.7 Å². The highest BCUT2D eigenvalue weighted by molar-refractivity contribution is 5.93. The van der Waals surface area contributed by atoms with E-state index in [0.29, 0.717) is 24.4 Å². The standard InChI is InChI=1S/C21H20N4O4/c1-11-19(29-20(24-11)12(2)26)21(27)25-8-7-14-17(23-10-22-14)18(25)16-9-13-5-3-4-6-15(13)28-16/h3-6,9-10,12,18,26H,7-8H2,1-2H3,(H,22,23)/t12-,18+/m0/s1. The summed E-state index contributed by atoms with van der Waals surface area (Å²) in [6.45, 7) is 3.72. The van der Waals surface area contributed by atoms with Crippen LogP contribution in [0.5, 0.6) is 0 Å². The second-order valence-electron chi connectivity index (χ2n) is 7.25. The van der Waals surface area contributed by atoms with Crippen LogP contribution in [0.25, 0.3) is 11.0 Å². The van der Waals surface area contributed by atoms with E-state index in [9.17, 15) is 9.90 Å². The number of fused-ring (bicyclic) bond motifs is 2. The predicted molar refractivity (Wildman–Crippen MR) is 103 cm³/mol. The number of hydrogen-bond acceptors (Lipinski definition) is 6. The molecule has 1 aromatic carbocycles. The number of para-hydroxylation sites is 1. The summed E-state index contributed by atoms with van der Waals surface area (Å²) in [5.41, 5.74) is 2.95. The van der Waals surface area contributed by atoms with Gasteiger partial charge in [0.1, 0.15) is 23.5 Å². The van der Waals surface area contributed by atoms with Crippen molar-refractivity contribution >= 4 is 16.9 Å². The lowest BCUT2D eigenvalue weighted by Crippen LogP contribution is -2.40. The Morgan fingerprint density at radius 3 is 2.93 bits per heavy atom. The Bertz CT molecular complexity index is 1170. The quantitative estimate of drug-likeness (QED) is 0.554. The van der Waals surface area contributed by atoms with Gasteiger partial charge in [-0.2, -0.15) is 0 Å². The molecule has 29 heavy (non-hydrogen) atoms. The first-order valence-corrected chi connectivity index (χ1v) is 9.50. The fraction of sp³-hybridized carbons (Fsp3) is 0.286. The Balaban J connectivity index is 1.60. The molecule has 3 aromatic heterocycles. The predicted octanol–water partition coefficient (Wildman–Crippen LogP) is 3.29. The molecule has 1 amide bonds. The van der Waals surface area contributed by atoms with Crippen LogP contribution in [0.4, 0.5) is 0 Å². The number of furan rings is 1. The molecule has 8 heteroatoms. The zero-order chi connectivity index (χ0) is 20.1. The van der Waals surface area contributed by atoms with Crippen molar-refractivity contribution in [1.82, 2.24) is 19.9 Å². The molecule has 2 atom stereocenters. The molecule has 0 saturated heterocycles. The number of carbonyl (C=O) groups is 1. The van der Waals surface area contributed by atoms with Crippen molar-refractivity contribution in [3.8, 4) is 0 Å². The highest BCUT2D eigenvalue weighted by atomic mass is 16.4. The zero-order valence-electron chi connectivity index (χ0n) is 16.0. The minimum Gasteiger partial charge on any atom is -0.458 e. The van der Waals surface area contributed by atoms with Crippen LogP contribution in [0.1, 0.15) is 58.4 Å². The molecule has 148 valence electrons. The number of hydrogen-bond donors (Lipinski definition) is 2. The molecule has 8 nitrogen and oxygen atoms in total. The number of carbonyl (C=O) groups excluding carboxylic acids is 1. The number of oxazole rings is 1. The van der Waals surface area contributed by atoms with Crippen molar-refractivity contribution in [2.45, 2.75) is 32.4 Å². The number of nitrogens with one attached hydrogen (secondary N) is 1. The molecule has 0 saturated carbocycles. The maximum atomic E-state index is 13.4. The molecular weight excluding hydrogens is 372 g/mol. The average molecular weight is 392 g/mol. The highest BCUT2D eigenvalue weighted by Crippen LogP contribution is 2.37. The number of aromatic amines is 1. The Hall–Kier alpha value is -3.39. The Kier molecular flexibility index (Phi) is 4.02. The Morgan fingerprint density at radius 2 is 2.17 bits per heavy atom. The van der Waals surface area contributed by atoms with E-state index in [-0.39, 0.29) is 17.6 Å². The molecule has 1 aliphatic heterocycles. The fourth-order valence-corrected chi connectivity index (χ4v) is 3.85. The molecule has 0 bridgehead atoms. The van der Waals surface area contributed by atoms with Gasteiger partial charge in [0.05, 0.1) is 17.7 Å². The van der Waals surface area contributed by atoms with Gasteiger partial charge in [-0.3, -0.25) is 4.79 Å². The third-order valence-corrected chi connectivity index (χ3v) is 5.26. The average Bonchev–Trinajstić information content (AvgIpc) is 3.43. The number of rotatable bonds is 3. The second kappa shape index (κ2) is 6.59. The number of nitrogens with zero attached hydrogens (tertiary/aromatic N) is 3. The van der Waals surface area contributed by atoms with E-state index in [1.807, 2.05) is 30.3 Å². The van der Waals surface area contributed by atoms with Gasteiger partial charge in [-0.05, 0) is 26.0 Å². The first-order valence-electron chi connectivity index (χ1n) is 9.50. The number of benzene rings is 1. The van der Waals surface area contributed by atoms with Gasteiger partial charge in [-0.25, -0.2) is 9.97 Å². The van der Waals surface area contributed by atoms with Crippen molar-refractivity contribution in [2.24, 2.45) is 0 Å². The van der Waals surface area contributed by atoms with Gasteiger partial charge in [-0.1, -0.05) is 18.2 Å². The van der Waals surface area contributed by atoms with Gasteiger partial charge in [0, 0.05) is 24.0 Å². The van der Waals surface area contributed by atoms with Crippen LogP contribution in [-0.4, -0.2) is 37.4 Å². The minimum absolute atomic E-state index is 0.126. The molecule has 0 radical (unpaired) electrons. The number of H-pyrrole nitrogens is 1. The van der Waals surface area contributed by atoms with E-state index < -0.39 is 12.1 Å². The summed E-state index contributed by atoms with van der Waals surface area (Å²) >= 11 is 0. The molecular formula is C21H20N4O4. The van der Waals surface area contributed by atoms with Crippen molar-refractivity contribution in [3.05, 3.63) is 71.2 Å². The summed E-state index contributed by atoms with van der Waals surface area (Å²) in [4.78, 5) is 26.9. The van der Waals surface area contributed by atoms with Crippen LogP contribution in [-0.2, 0) is 6.42 Å². The van der Waals surface area contributed by atoms with Crippen LogP contribution < -0.4 is 0 Å². The Morgan fingerprint density at radius 1 is 1.34 bits per heavy atom. The van der Waals surface area contributed by atoms with Gasteiger partial charge in [0.2, 0.25) is 11.7 Å². The first kappa shape index (κ1) is 17.7. The molecule has 5 rings (SSSR count). The third-order valence-electron chi connectivity index (χ3n) is 5.26. The smallest absolute Gasteiger partial charge is 0.292 e. The van der Waals surface area contributed by atoms with Crippen LogP contribution in [0, 0.1) is 6.92 Å². The highest BCUT2D eigenvalue weighted by Gasteiger charge is 2.38. The van der Waals surface area contributed by atoms with Gasteiger partial charge >= 0.3 is 0 Å². The van der Waals surface area contributed by atoms with Crippen molar-refractivity contribution in [3.63, 3.8) is 0 Å². The van der Waals surface area contributed by atoms with E-state index >= 15 is 0 Å². The number of aromatic nitrogens is 3. The van der Waals surface area contributed by atoms with Crippen LogP contribution in [0.2, 0.25) is 0 Å². The third kappa shape index (κ3) is 2.84. The SMILES string of the molecule is Cc1nc([C@H](C)O)oc1C(=O)N1CCc2[nH]cnc2[C@H]1c1cc2ccccc2o1. The lowest BCUT2D eigenvalue weighted by atomic mass is 9.99. The lowest BCUT2D eigenvalue weighted by Gasteiger charge is -2.33. The number of aryl methyl sites for hydroxylation is 1. The number of aliphatic hydroxyl groups excluding tert-OH is 1. The largest absolute Gasteiger partial charge is 0.458 e. The monoisotopic (exact) mass is 392 g/mol. The number of aliphatic hydroxyl groups is 1. The number of amides is 1. The summed E-state index contributed by atoms with van der Waals surface area (Å²) in [5.74, 6) is 0.589. The van der Waals surface area contributed by atoms with Crippen LogP contribution >= 0.6 is 0 Å². The van der Waals surface area contributed by atoms with E-state index in [4.69, 9.17) is 8.83 Å². The molecule has 0 spiro atoms. The Labute approximate surface area is 166 Å². The van der Waals surface area contributed by atoms with E-state index in [0.717, 1.165) is 22.4 Å².